The lowest BCUT2D eigenvalue weighted by atomic mass is 10.1. The maximum absolute atomic E-state index is 12.3. The Hall–Kier alpha value is -2.73. The number of benzene rings is 2. The lowest BCUT2D eigenvalue weighted by molar-refractivity contribution is -0.118. The number of amides is 1. The third kappa shape index (κ3) is 5.25. The van der Waals surface area contributed by atoms with E-state index in [2.05, 4.69) is 37.4 Å². The molecule has 0 radical (unpaired) electrons. The molecule has 0 aliphatic carbocycles. The molecule has 3 rings (SSSR count). The predicted molar refractivity (Wildman–Crippen MR) is 123 cm³/mol. The maximum atomic E-state index is 12.3. The molecular formula is C24H28N2O3S. The number of nitrogens with one attached hydrogen (secondary N) is 1. The van der Waals surface area contributed by atoms with Gasteiger partial charge in [-0.1, -0.05) is 17.8 Å². The summed E-state index contributed by atoms with van der Waals surface area (Å²) in [6.07, 6.45) is 0.725. The number of hydrogen-bond acceptors (Lipinski definition) is 5. The molecule has 0 aliphatic heterocycles. The first-order valence-corrected chi connectivity index (χ1v) is 10.9. The van der Waals surface area contributed by atoms with Crippen molar-refractivity contribution in [2.45, 2.75) is 32.2 Å². The number of methoxy groups -OCH3 is 2. The van der Waals surface area contributed by atoms with Crippen LogP contribution in [-0.2, 0) is 11.2 Å². The van der Waals surface area contributed by atoms with Gasteiger partial charge in [-0.2, -0.15) is 0 Å². The van der Waals surface area contributed by atoms with Crippen LogP contribution in [0.25, 0.3) is 10.9 Å². The first-order chi connectivity index (χ1) is 14.4. The van der Waals surface area contributed by atoms with Crippen LogP contribution in [0.2, 0.25) is 0 Å². The third-order valence-corrected chi connectivity index (χ3v) is 6.19. The topological polar surface area (TPSA) is 60.5 Å². The average Bonchev–Trinajstić information content (AvgIpc) is 2.73. The first kappa shape index (κ1) is 22.0. The first-order valence-electron chi connectivity index (χ1n) is 9.90. The molecule has 0 bridgehead atoms. The number of nitrogens with zero attached hydrogens (tertiary/aromatic N) is 1. The van der Waals surface area contributed by atoms with E-state index in [1.54, 1.807) is 14.2 Å². The fraction of sp³-hybridized carbons (Fsp3) is 0.333. The van der Waals surface area contributed by atoms with Crippen molar-refractivity contribution < 1.29 is 14.3 Å². The molecule has 0 saturated carbocycles. The van der Waals surface area contributed by atoms with Gasteiger partial charge in [0, 0.05) is 11.9 Å². The van der Waals surface area contributed by atoms with Gasteiger partial charge < -0.3 is 14.8 Å². The Morgan fingerprint density at radius 2 is 1.67 bits per heavy atom. The molecule has 0 fully saturated rings. The minimum atomic E-state index is 0.00172. The van der Waals surface area contributed by atoms with Gasteiger partial charge in [0.15, 0.2) is 11.5 Å². The molecule has 1 aromatic heterocycles. The van der Waals surface area contributed by atoms with Gasteiger partial charge in [0.1, 0.15) is 5.03 Å². The Bertz CT molecular complexity index is 1070. The zero-order chi connectivity index (χ0) is 21.7. The van der Waals surface area contributed by atoms with Crippen LogP contribution in [0.15, 0.2) is 41.4 Å². The van der Waals surface area contributed by atoms with Gasteiger partial charge in [-0.3, -0.25) is 4.79 Å². The summed E-state index contributed by atoms with van der Waals surface area (Å²) >= 11 is 1.48. The molecule has 0 atom stereocenters. The van der Waals surface area contributed by atoms with Crippen molar-refractivity contribution >= 4 is 28.6 Å². The highest BCUT2D eigenvalue weighted by Crippen LogP contribution is 2.28. The standard InChI is InChI=1S/C24H28N2O3S/c1-15-10-19-11-17(3)24(26-20(19)12-16(15)2)30-14-23(27)25-9-8-18-6-7-21(28-4)22(13-18)29-5/h6-7,10-13H,8-9,14H2,1-5H3,(H,25,27). The molecule has 1 N–H and O–H groups in total. The molecule has 5 nitrogen and oxygen atoms in total. The zero-order valence-corrected chi connectivity index (χ0v) is 19.0. The largest absolute Gasteiger partial charge is 0.493 e. The summed E-state index contributed by atoms with van der Waals surface area (Å²) in [5.74, 6) is 1.74. The molecule has 1 heterocycles. The maximum Gasteiger partial charge on any atom is 0.230 e. The second kappa shape index (κ2) is 9.85. The monoisotopic (exact) mass is 424 g/mol. The quantitative estimate of drug-likeness (QED) is 0.534. The lowest BCUT2D eigenvalue weighted by Crippen LogP contribution is -2.27. The van der Waals surface area contributed by atoms with E-state index < -0.39 is 0 Å². The van der Waals surface area contributed by atoms with Crippen molar-refractivity contribution in [3.8, 4) is 11.5 Å². The van der Waals surface area contributed by atoms with Gasteiger partial charge in [-0.15, -0.1) is 0 Å². The highest BCUT2D eigenvalue weighted by molar-refractivity contribution is 7.99. The van der Waals surface area contributed by atoms with E-state index in [-0.39, 0.29) is 5.91 Å². The fourth-order valence-corrected chi connectivity index (χ4v) is 4.06. The van der Waals surface area contributed by atoms with Crippen LogP contribution < -0.4 is 14.8 Å². The molecule has 3 aromatic rings. The van der Waals surface area contributed by atoms with Gasteiger partial charge in [-0.25, -0.2) is 4.98 Å². The van der Waals surface area contributed by atoms with E-state index in [4.69, 9.17) is 14.5 Å². The normalized spacial score (nSPS) is 10.8. The zero-order valence-electron chi connectivity index (χ0n) is 18.2. The van der Waals surface area contributed by atoms with Crippen molar-refractivity contribution in [1.82, 2.24) is 10.3 Å². The Labute approximate surface area is 182 Å². The number of rotatable bonds is 8. The number of thioether (sulfide) groups is 1. The molecular weight excluding hydrogens is 396 g/mol. The number of fused-ring (bicyclic) bond motifs is 1. The Morgan fingerprint density at radius 3 is 2.40 bits per heavy atom. The smallest absolute Gasteiger partial charge is 0.230 e. The van der Waals surface area contributed by atoms with Crippen molar-refractivity contribution in [3.05, 3.63) is 58.7 Å². The number of pyridine rings is 1. The van der Waals surface area contributed by atoms with Crippen LogP contribution in [0.3, 0.4) is 0 Å². The van der Waals surface area contributed by atoms with E-state index in [0.29, 0.717) is 23.8 Å². The van der Waals surface area contributed by atoms with E-state index in [1.165, 1.54) is 22.9 Å². The summed E-state index contributed by atoms with van der Waals surface area (Å²) < 4.78 is 10.6. The molecule has 1 amide bonds. The lowest BCUT2D eigenvalue weighted by Gasteiger charge is -2.11. The molecule has 0 unspecified atom stereocenters. The SMILES string of the molecule is COc1ccc(CCNC(=O)CSc2nc3cc(C)c(C)cc3cc2C)cc1OC. The molecule has 30 heavy (non-hydrogen) atoms. The van der Waals surface area contributed by atoms with E-state index >= 15 is 0 Å². The Balaban J connectivity index is 1.54. The summed E-state index contributed by atoms with van der Waals surface area (Å²) in [6.45, 7) is 6.81. The van der Waals surface area contributed by atoms with Crippen LogP contribution in [-0.4, -0.2) is 37.4 Å². The van der Waals surface area contributed by atoms with Crippen molar-refractivity contribution in [1.29, 1.82) is 0 Å². The number of ether oxygens (including phenoxy) is 2. The summed E-state index contributed by atoms with van der Waals surface area (Å²) in [5.41, 5.74) is 5.63. The fourth-order valence-electron chi connectivity index (χ4n) is 3.24. The molecule has 6 heteroatoms. The molecule has 2 aromatic carbocycles. The summed E-state index contributed by atoms with van der Waals surface area (Å²) in [5, 5.41) is 5.02. The van der Waals surface area contributed by atoms with Crippen molar-refractivity contribution in [2.24, 2.45) is 0 Å². The van der Waals surface area contributed by atoms with E-state index in [9.17, 15) is 4.79 Å². The van der Waals surface area contributed by atoms with Gasteiger partial charge in [0.25, 0.3) is 0 Å². The summed E-state index contributed by atoms with van der Waals surface area (Å²) in [4.78, 5) is 17.1. The minimum Gasteiger partial charge on any atom is -0.493 e. The highest BCUT2D eigenvalue weighted by atomic mass is 32.2. The van der Waals surface area contributed by atoms with Crippen LogP contribution in [0, 0.1) is 20.8 Å². The van der Waals surface area contributed by atoms with Crippen LogP contribution in [0.5, 0.6) is 11.5 Å². The third-order valence-electron chi connectivity index (χ3n) is 5.10. The number of carbonyl (C=O) groups is 1. The van der Waals surface area contributed by atoms with Crippen LogP contribution >= 0.6 is 11.8 Å². The molecule has 0 aliphatic rings. The average molecular weight is 425 g/mol. The number of hydrogen-bond donors (Lipinski definition) is 1. The van der Waals surface area contributed by atoms with Gasteiger partial charge in [0.2, 0.25) is 5.91 Å². The number of aryl methyl sites for hydroxylation is 3. The van der Waals surface area contributed by atoms with Gasteiger partial charge >= 0.3 is 0 Å². The Kier molecular flexibility index (Phi) is 7.21. The van der Waals surface area contributed by atoms with E-state index in [1.807, 2.05) is 25.1 Å². The van der Waals surface area contributed by atoms with Crippen LogP contribution in [0.4, 0.5) is 0 Å². The number of carbonyl (C=O) groups excluding carboxylic acids is 1. The minimum absolute atomic E-state index is 0.00172. The predicted octanol–water partition coefficient (Wildman–Crippen LogP) is 4.63. The summed E-state index contributed by atoms with van der Waals surface area (Å²) in [7, 11) is 3.23. The molecule has 0 spiro atoms. The second-order valence-electron chi connectivity index (χ2n) is 7.32. The molecule has 0 saturated heterocycles. The second-order valence-corrected chi connectivity index (χ2v) is 8.28. The van der Waals surface area contributed by atoms with E-state index in [0.717, 1.165) is 33.5 Å². The van der Waals surface area contributed by atoms with Crippen LogP contribution in [0.1, 0.15) is 22.3 Å². The highest BCUT2D eigenvalue weighted by Gasteiger charge is 2.10. The Morgan fingerprint density at radius 1 is 0.967 bits per heavy atom. The van der Waals surface area contributed by atoms with Crippen molar-refractivity contribution in [2.75, 3.05) is 26.5 Å². The molecule has 158 valence electrons. The summed E-state index contributed by atoms with van der Waals surface area (Å²) in [6, 6.07) is 12.2. The van der Waals surface area contributed by atoms with Crippen molar-refractivity contribution in [3.63, 3.8) is 0 Å². The van der Waals surface area contributed by atoms with Gasteiger partial charge in [0.05, 0.1) is 25.5 Å². The van der Waals surface area contributed by atoms with Gasteiger partial charge in [-0.05, 0) is 79.8 Å². The number of aromatic nitrogens is 1.